The van der Waals surface area contributed by atoms with Crippen molar-refractivity contribution < 1.29 is 9.59 Å². The Morgan fingerprint density at radius 2 is 1.77 bits per heavy atom. The molecule has 2 fully saturated rings. The monoisotopic (exact) mass is 440 g/mol. The number of nitrogens with zero attached hydrogens (tertiary/aromatic N) is 2. The van der Waals surface area contributed by atoms with E-state index in [4.69, 9.17) is 0 Å². The minimum Gasteiger partial charge on any atom is -0.338 e. The van der Waals surface area contributed by atoms with Gasteiger partial charge in [0, 0.05) is 25.2 Å². The topological polar surface area (TPSA) is 64.7 Å². The molecule has 0 aromatic carbocycles. The van der Waals surface area contributed by atoms with Gasteiger partial charge in [0.2, 0.25) is 5.91 Å². The van der Waals surface area contributed by atoms with Crippen molar-refractivity contribution >= 4 is 23.9 Å². The number of urea groups is 1. The van der Waals surface area contributed by atoms with Crippen LogP contribution in [0.25, 0.3) is 0 Å². The zero-order valence-corrected chi connectivity index (χ0v) is 21.0. The van der Waals surface area contributed by atoms with Gasteiger partial charge in [-0.15, -0.1) is 0 Å². The van der Waals surface area contributed by atoms with Gasteiger partial charge in [0.05, 0.1) is 0 Å². The van der Waals surface area contributed by atoms with Crippen molar-refractivity contribution in [1.82, 2.24) is 19.8 Å². The first-order chi connectivity index (χ1) is 14.0. The largest absolute Gasteiger partial charge is 0.338 e. The molecule has 4 unspecified atom stereocenters. The minimum atomic E-state index is -0.419. The Balaban J connectivity index is 2.11. The maximum absolute atomic E-state index is 13.5. The van der Waals surface area contributed by atoms with Crippen LogP contribution in [0.5, 0.6) is 0 Å². The lowest BCUT2D eigenvalue weighted by Gasteiger charge is -2.37. The first kappa shape index (κ1) is 25.3. The van der Waals surface area contributed by atoms with E-state index in [0.29, 0.717) is 5.92 Å². The van der Waals surface area contributed by atoms with E-state index in [9.17, 15) is 9.59 Å². The second kappa shape index (κ2) is 11.1. The second-order valence-electron chi connectivity index (χ2n) is 10.6. The smallest absolute Gasteiger partial charge is 0.315 e. The minimum absolute atomic E-state index is 0.0113. The zero-order chi connectivity index (χ0) is 22.5. The van der Waals surface area contributed by atoms with Gasteiger partial charge < -0.3 is 15.5 Å². The Hall–Kier alpha value is -0.950. The Labute approximate surface area is 188 Å². The molecule has 7 heteroatoms. The molecule has 2 rings (SSSR count). The normalized spacial score (nSPS) is 25.3. The van der Waals surface area contributed by atoms with Crippen LogP contribution in [0.1, 0.15) is 73.1 Å². The van der Waals surface area contributed by atoms with Gasteiger partial charge in [-0.05, 0) is 56.7 Å². The summed E-state index contributed by atoms with van der Waals surface area (Å²) in [5.41, 5.74) is -0.0788. The van der Waals surface area contributed by atoms with Gasteiger partial charge in [-0.1, -0.05) is 58.9 Å². The van der Waals surface area contributed by atoms with Gasteiger partial charge in [0.15, 0.2) is 0 Å². The highest BCUT2D eigenvalue weighted by Crippen LogP contribution is 2.30. The molecule has 0 spiro atoms. The Morgan fingerprint density at radius 3 is 2.27 bits per heavy atom. The summed E-state index contributed by atoms with van der Waals surface area (Å²) in [6.07, 6.45) is 8.64. The van der Waals surface area contributed by atoms with Gasteiger partial charge in [-0.2, -0.15) is 0 Å². The van der Waals surface area contributed by atoms with Gasteiger partial charge in [0.1, 0.15) is 6.04 Å². The van der Waals surface area contributed by atoms with E-state index in [1.54, 1.807) is 11.9 Å². The molecule has 0 aromatic rings. The van der Waals surface area contributed by atoms with E-state index >= 15 is 0 Å². The fourth-order valence-electron chi connectivity index (χ4n) is 4.84. The lowest BCUT2D eigenvalue weighted by Crippen LogP contribution is -2.58. The van der Waals surface area contributed by atoms with E-state index in [1.807, 2.05) is 18.2 Å². The van der Waals surface area contributed by atoms with E-state index in [1.165, 1.54) is 6.42 Å². The van der Waals surface area contributed by atoms with Gasteiger partial charge in [-0.3, -0.25) is 9.10 Å². The standard InChI is InChI=1S/C23H44N4O2S/c1-16-13-17(2)27(14-16)21(28)20(18-11-9-8-10-12-18)25-22(29)24-19(23(3,4)5)15-26(6)30-7/h16-20H,8-15H2,1-7H3,(H2,24,25,29). The molecule has 3 amide bonds. The quantitative estimate of drug-likeness (QED) is 0.585. The van der Waals surface area contributed by atoms with Crippen LogP contribution in [0.2, 0.25) is 0 Å². The number of nitrogens with one attached hydrogen (secondary N) is 2. The zero-order valence-electron chi connectivity index (χ0n) is 20.2. The number of hydrogen-bond acceptors (Lipinski definition) is 4. The summed E-state index contributed by atoms with van der Waals surface area (Å²) in [5.74, 6) is 0.877. The van der Waals surface area contributed by atoms with E-state index < -0.39 is 6.04 Å². The van der Waals surface area contributed by atoms with Gasteiger partial charge >= 0.3 is 6.03 Å². The summed E-state index contributed by atoms with van der Waals surface area (Å²) in [4.78, 5) is 28.6. The Morgan fingerprint density at radius 1 is 1.13 bits per heavy atom. The van der Waals surface area contributed by atoms with Crippen molar-refractivity contribution in [2.75, 3.05) is 26.4 Å². The Kier molecular flexibility index (Phi) is 9.34. The molecule has 0 aromatic heterocycles. The third kappa shape index (κ3) is 7.04. The molecular formula is C23H44N4O2S. The summed E-state index contributed by atoms with van der Waals surface area (Å²) in [6, 6.07) is -0.394. The first-order valence-electron chi connectivity index (χ1n) is 11.7. The average molecular weight is 441 g/mol. The molecular weight excluding hydrogens is 396 g/mol. The number of carbonyl (C=O) groups excluding carboxylic acids is 2. The first-order valence-corrected chi connectivity index (χ1v) is 12.8. The lowest BCUT2D eigenvalue weighted by atomic mass is 9.83. The van der Waals surface area contributed by atoms with Crippen molar-refractivity contribution in [3.05, 3.63) is 0 Å². The maximum Gasteiger partial charge on any atom is 0.315 e. The third-order valence-corrected chi connectivity index (χ3v) is 7.62. The molecule has 1 saturated carbocycles. The average Bonchev–Trinajstić information content (AvgIpc) is 3.03. The molecule has 2 aliphatic rings. The fraction of sp³-hybridized carbons (Fsp3) is 0.913. The summed E-state index contributed by atoms with van der Waals surface area (Å²) >= 11 is 1.66. The number of hydrogen-bond donors (Lipinski definition) is 2. The van der Waals surface area contributed by atoms with Crippen molar-refractivity contribution in [2.45, 2.75) is 91.3 Å². The summed E-state index contributed by atoms with van der Waals surface area (Å²) < 4.78 is 2.13. The Bertz CT molecular complexity index is 574. The fourth-order valence-corrected chi connectivity index (χ4v) is 5.14. The van der Waals surface area contributed by atoms with Crippen molar-refractivity contribution in [1.29, 1.82) is 0 Å². The van der Waals surface area contributed by atoms with E-state index in [0.717, 1.165) is 45.2 Å². The summed E-state index contributed by atoms with van der Waals surface area (Å²) in [5, 5.41) is 6.31. The van der Waals surface area contributed by atoms with Crippen molar-refractivity contribution in [3.8, 4) is 0 Å². The maximum atomic E-state index is 13.5. The van der Waals surface area contributed by atoms with Crippen LogP contribution in [0, 0.1) is 17.3 Å². The molecule has 1 saturated heterocycles. The lowest BCUT2D eigenvalue weighted by molar-refractivity contribution is -0.135. The SMILES string of the molecule is CSN(C)CC(NC(=O)NC(C(=O)N1CC(C)CC1C)C1CCCCC1)C(C)(C)C. The summed E-state index contributed by atoms with van der Waals surface area (Å²) in [6.45, 7) is 12.3. The summed E-state index contributed by atoms with van der Waals surface area (Å²) in [7, 11) is 2.03. The predicted octanol–water partition coefficient (Wildman–Crippen LogP) is 4.12. The van der Waals surface area contributed by atoms with Crippen molar-refractivity contribution in [3.63, 3.8) is 0 Å². The number of likely N-dealkylation sites (N-methyl/N-ethyl adjacent to an activating group) is 1. The highest BCUT2D eigenvalue weighted by atomic mass is 32.2. The van der Waals surface area contributed by atoms with Crippen LogP contribution in [0.4, 0.5) is 4.79 Å². The van der Waals surface area contributed by atoms with Gasteiger partial charge in [0.25, 0.3) is 0 Å². The van der Waals surface area contributed by atoms with Crippen LogP contribution in [-0.4, -0.2) is 65.7 Å². The molecule has 1 heterocycles. The number of amides is 3. The molecule has 6 nitrogen and oxygen atoms in total. The van der Waals surface area contributed by atoms with Crippen LogP contribution in [-0.2, 0) is 4.79 Å². The van der Waals surface area contributed by atoms with Crippen molar-refractivity contribution in [2.24, 2.45) is 17.3 Å². The second-order valence-corrected chi connectivity index (χ2v) is 11.6. The highest BCUT2D eigenvalue weighted by Gasteiger charge is 2.39. The molecule has 0 bridgehead atoms. The molecule has 30 heavy (non-hydrogen) atoms. The molecule has 2 N–H and O–H groups in total. The predicted molar refractivity (Wildman–Crippen MR) is 126 cm³/mol. The molecule has 4 atom stereocenters. The van der Waals surface area contributed by atoms with Crippen LogP contribution >= 0.6 is 11.9 Å². The van der Waals surface area contributed by atoms with Crippen LogP contribution in [0.3, 0.4) is 0 Å². The third-order valence-electron chi connectivity index (χ3n) is 6.84. The van der Waals surface area contributed by atoms with Gasteiger partial charge in [-0.25, -0.2) is 4.79 Å². The van der Waals surface area contributed by atoms with Crippen LogP contribution in [0.15, 0.2) is 0 Å². The molecule has 174 valence electrons. The molecule has 1 aliphatic heterocycles. The highest BCUT2D eigenvalue weighted by molar-refractivity contribution is 7.96. The number of rotatable bonds is 7. The molecule has 0 radical (unpaired) electrons. The number of carbonyl (C=O) groups is 2. The van der Waals surface area contributed by atoms with E-state index in [2.05, 4.69) is 49.6 Å². The number of likely N-dealkylation sites (tertiary alicyclic amines) is 1. The molecule has 1 aliphatic carbocycles. The van der Waals surface area contributed by atoms with E-state index in [-0.39, 0.29) is 35.4 Å². The van der Waals surface area contributed by atoms with Crippen LogP contribution < -0.4 is 10.6 Å².